The Bertz CT molecular complexity index is 326. The summed E-state index contributed by atoms with van der Waals surface area (Å²) in [4.78, 5) is 11.3. The second-order valence-electron chi connectivity index (χ2n) is 3.92. The van der Waals surface area contributed by atoms with Crippen molar-refractivity contribution >= 4 is 15.9 Å². The van der Waals surface area contributed by atoms with Gasteiger partial charge in [0.2, 0.25) is 15.9 Å². The number of rotatable bonds is 4. The lowest BCUT2D eigenvalue weighted by atomic mass is 10.2. The molecule has 0 bridgehead atoms. The van der Waals surface area contributed by atoms with Crippen molar-refractivity contribution in [1.82, 2.24) is 9.62 Å². The van der Waals surface area contributed by atoms with E-state index in [1.165, 1.54) is 10.6 Å². The van der Waals surface area contributed by atoms with Crippen LogP contribution in [0, 0.1) is 0 Å². The van der Waals surface area contributed by atoms with Crippen LogP contribution in [0.5, 0.6) is 0 Å². The molecule has 0 spiro atoms. The minimum atomic E-state index is -3.10. The maximum atomic E-state index is 11.3. The third-order valence-corrected chi connectivity index (χ3v) is 3.73. The van der Waals surface area contributed by atoms with E-state index in [2.05, 4.69) is 5.32 Å². The van der Waals surface area contributed by atoms with Gasteiger partial charge in [0, 0.05) is 25.6 Å². The molecule has 1 heterocycles. The quantitative estimate of drug-likeness (QED) is 0.741. The summed E-state index contributed by atoms with van der Waals surface area (Å²) < 4.78 is 23.8. The smallest absolute Gasteiger partial charge is 0.220 e. The lowest BCUT2D eigenvalue weighted by Crippen LogP contribution is -2.38. The van der Waals surface area contributed by atoms with Gasteiger partial charge < -0.3 is 5.32 Å². The van der Waals surface area contributed by atoms with E-state index in [0.29, 0.717) is 25.9 Å². The molecular weight excluding hydrogens is 216 g/mol. The third kappa shape index (κ3) is 3.79. The summed E-state index contributed by atoms with van der Waals surface area (Å²) in [5, 5.41) is 2.84. The van der Waals surface area contributed by atoms with Crippen molar-refractivity contribution in [1.29, 1.82) is 0 Å². The number of carbonyl (C=O) groups excluding carboxylic acids is 1. The van der Waals surface area contributed by atoms with Gasteiger partial charge in [-0.05, 0) is 12.8 Å². The van der Waals surface area contributed by atoms with Crippen LogP contribution in [-0.4, -0.2) is 44.0 Å². The molecule has 88 valence electrons. The first-order chi connectivity index (χ1) is 6.93. The molecule has 6 heteroatoms. The first kappa shape index (κ1) is 12.4. The van der Waals surface area contributed by atoms with Crippen LogP contribution < -0.4 is 5.32 Å². The van der Waals surface area contributed by atoms with Gasteiger partial charge in [-0.2, -0.15) is 0 Å². The first-order valence-corrected chi connectivity index (χ1v) is 7.02. The average Bonchev–Trinajstić information content (AvgIpc) is 2.52. The van der Waals surface area contributed by atoms with Gasteiger partial charge in [-0.1, -0.05) is 6.92 Å². The van der Waals surface area contributed by atoms with Gasteiger partial charge in [0.1, 0.15) is 0 Å². The van der Waals surface area contributed by atoms with Gasteiger partial charge in [0.05, 0.1) is 6.26 Å². The molecule has 5 nitrogen and oxygen atoms in total. The topological polar surface area (TPSA) is 66.5 Å². The number of amides is 1. The fourth-order valence-corrected chi connectivity index (χ4v) is 2.56. The van der Waals surface area contributed by atoms with Crippen LogP contribution in [0.25, 0.3) is 0 Å². The molecule has 0 aliphatic carbocycles. The highest BCUT2D eigenvalue weighted by atomic mass is 32.2. The minimum absolute atomic E-state index is 0.0119. The van der Waals surface area contributed by atoms with E-state index in [4.69, 9.17) is 0 Å². The summed E-state index contributed by atoms with van der Waals surface area (Å²) in [5.74, 6) is 0.0119. The Balaban J connectivity index is 2.40. The summed E-state index contributed by atoms with van der Waals surface area (Å²) in [6.45, 7) is 2.86. The second kappa shape index (κ2) is 4.94. The molecule has 0 radical (unpaired) electrons. The van der Waals surface area contributed by atoms with Crippen molar-refractivity contribution in [3.8, 4) is 0 Å². The predicted molar refractivity (Wildman–Crippen MR) is 57.9 cm³/mol. The van der Waals surface area contributed by atoms with Crippen LogP contribution in [0.15, 0.2) is 0 Å². The van der Waals surface area contributed by atoms with Crippen LogP contribution in [0.2, 0.25) is 0 Å². The number of hydrogen-bond donors (Lipinski definition) is 1. The highest BCUT2D eigenvalue weighted by Crippen LogP contribution is 2.12. The Hall–Kier alpha value is -0.620. The van der Waals surface area contributed by atoms with Crippen molar-refractivity contribution in [3.63, 3.8) is 0 Å². The number of sulfonamides is 1. The number of hydrogen-bond acceptors (Lipinski definition) is 3. The molecular formula is C9H18N2O3S. The van der Waals surface area contributed by atoms with Crippen LogP contribution in [0.4, 0.5) is 0 Å². The van der Waals surface area contributed by atoms with Gasteiger partial charge in [-0.15, -0.1) is 0 Å². The van der Waals surface area contributed by atoms with E-state index >= 15 is 0 Å². The predicted octanol–water partition coefficient (Wildman–Crippen LogP) is -0.0634. The summed E-state index contributed by atoms with van der Waals surface area (Å²) >= 11 is 0. The Morgan fingerprint density at radius 1 is 1.53 bits per heavy atom. The van der Waals surface area contributed by atoms with Gasteiger partial charge >= 0.3 is 0 Å². The number of nitrogens with zero attached hydrogens (tertiary/aromatic N) is 1. The summed E-state index contributed by atoms with van der Waals surface area (Å²) in [5.41, 5.74) is 0. The largest absolute Gasteiger partial charge is 0.352 e. The minimum Gasteiger partial charge on any atom is -0.352 e. The molecule has 1 atom stereocenters. The highest BCUT2D eigenvalue weighted by Gasteiger charge is 2.28. The molecule has 1 N–H and O–H groups in total. The summed E-state index contributed by atoms with van der Waals surface area (Å²) in [6.07, 6.45) is 3.23. The fraction of sp³-hybridized carbons (Fsp3) is 0.889. The van der Waals surface area contributed by atoms with E-state index < -0.39 is 10.0 Å². The zero-order chi connectivity index (χ0) is 11.5. The van der Waals surface area contributed by atoms with Crippen LogP contribution >= 0.6 is 0 Å². The van der Waals surface area contributed by atoms with Crippen molar-refractivity contribution < 1.29 is 13.2 Å². The molecule has 1 saturated heterocycles. The van der Waals surface area contributed by atoms with Crippen LogP contribution in [0.1, 0.15) is 26.2 Å². The maximum Gasteiger partial charge on any atom is 0.220 e. The van der Waals surface area contributed by atoms with Crippen LogP contribution in [-0.2, 0) is 14.8 Å². The first-order valence-electron chi connectivity index (χ1n) is 5.18. The summed E-state index contributed by atoms with van der Waals surface area (Å²) in [7, 11) is -3.10. The Morgan fingerprint density at radius 3 is 2.67 bits per heavy atom. The van der Waals surface area contributed by atoms with E-state index in [1.807, 2.05) is 6.92 Å². The third-order valence-electron chi connectivity index (χ3n) is 2.46. The van der Waals surface area contributed by atoms with Gasteiger partial charge in [0.25, 0.3) is 0 Å². The van der Waals surface area contributed by atoms with E-state index in [1.54, 1.807) is 0 Å². The zero-order valence-corrected chi connectivity index (χ0v) is 10.0. The Labute approximate surface area is 90.9 Å². The molecule has 1 rings (SSSR count). The molecule has 15 heavy (non-hydrogen) atoms. The fourth-order valence-electron chi connectivity index (χ4n) is 1.67. The average molecular weight is 234 g/mol. The molecule has 0 aromatic rings. The monoisotopic (exact) mass is 234 g/mol. The number of carbonyl (C=O) groups is 1. The van der Waals surface area contributed by atoms with Crippen molar-refractivity contribution in [2.75, 3.05) is 19.3 Å². The molecule has 1 unspecified atom stereocenters. The summed E-state index contributed by atoms with van der Waals surface area (Å²) in [6, 6.07) is -0.0150. The normalized spacial score (nSPS) is 22.9. The second-order valence-corrected chi connectivity index (χ2v) is 5.91. The van der Waals surface area contributed by atoms with Gasteiger partial charge in [-0.25, -0.2) is 12.7 Å². The lowest BCUT2D eigenvalue weighted by Gasteiger charge is -2.14. The number of nitrogens with one attached hydrogen (secondary N) is 1. The Morgan fingerprint density at radius 2 is 2.20 bits per heavy atom. The molecule has 1 fully saturated rings. The molecule has 1 aliphatic rings. The van der Waals surface area contributed by atoms with Crippen molar-refractivity contribution in [2.45, 2.75) is 32.2 Å². The highest BCUT2D eigenvalue weighted by molar-refractivity contribution is 7.88. The van der Waals surface area contributed by atoms with Crippen LogP contribution in [0.3, 0.4) is 0 Å². The van der Waals surface area contributed by atoms with E-state index in [-0.39, 0.29) is 11.9 Å². The van der Waals surface area contributed by atoms with Crippen molar-refractivity contribution in [2.24, 2.45) is 0 Å². The molecule has 1 amide bonds. The standard InChI is InChI=1S/C9H18N2O3S/c1-3-4-9(12)10-8-5-6-11(7-8)15(2,13)14/h8H,3-7H2,1-2H3,(H,10,12). The van der Waals surface area contributed by atoms with E-state index in [9.17, 15) is 13.2 Å². The SMILES string of the molecule is CCCC(=O)NC1CCN(S(C)(=O)=O)C1. The zero-order valence-electron chi connectivity index (χ0n) is 9.19. The van der Waals surface area contributed by atoms with Gasteiger partial charge in [0.15, 0.2) is 0 Å². The molecule has 0 saturated carbocycles. The van der Waals surface area contributed by atoms with Gasteiger partial charge in [-0.3, -0.25) is 4.79 Å². The maximum absolute atomic E-state index is 11.3. The van der Waals surface area contributed by atoms with E-state index in [0.717, 1.165) is 6.42 Å². The molecule has 1 aliphatic heterocycles. The molecule has 0 aromatic carbocycles. The Kier molecular flexibility index (Phi) is 4.10. The molecule has 0 aromatic heterocycles. The lowest BCUT2D eigenvalue weighted by molar-refractivity contribution is -0.121. The van der Waals surface area contributed by atoms with Crippen molar-refractivity contribution in [3.05, 3.63) is 0 Å².